The zero-order valence-electron chi connectivity index (χ0n) is 13.1. The average Bonchev–Trinajstić information content (AvgIpc) is 3.21. The Morgan fingerprint density at radius 1 is 1.32 bits per heavy atom. The molecule has 5 nitrogen and oxygen atoms in total. The highest BCUT2D eigenvalue weighted by Crippen LogP contribution is 2.15. The first-order valence-corrected chi connectivity index (χ1v) is 8.33. The highest BCUT2D eigenvalue weighted by Gasteiger charge is 2.24. The topological polar surface area (TPSA) is 45.7 Å². The van der Waals surface area contributed by atoms with Crippen molar-refractivity contribution < 1.29 is 9.53 Å². The predicted octanol–water partition coefficient (Wildman–Crippen LogP) is 1.68. The Bertz CT molecular complexity index is 468. The van der Waals surface area contributed by atoms with Crippen LogP contribution in [0.1, 0.15) is 31.4 Å². The van der Waals surface area contributed by atoms with Crippen molar-refractivity contribution in [3.63, 3.8) is 0 Å². The number of hydrogen-bond acceptors (Lipinski definition) is 4. The largest absolute Gasteiger partial charge is 0.377 e. The van der Waals surface area contributed by atoms with E-state index in [0.717, 1.165) is 57.6 Å². The molecule has 2 fully saturated rings. The molecule has 0 N–H and O–H groups in total. The minimum absolute atomic E-state index is 0.242. The summed E-state index contributed by atoms with van der Waals surface area (Å²) in [6.07, 6.45) is 6.56. The van der Waals surface area contributed by atoms with Gasteiger partial charge in [-0.3, -0.25) is 14.7 Å². The maximum atomic E-state index is 12.4. The van der Waals surface area contributed by atoms with Gasteiger partial charge in [-0.1, -0.05) is 6.07 Å². The summed E-state index contributed by atoms with van der Waals surface area (Å²) in [7, 11) is 0. The van der Waals surface area contributed by atoms with E-state index in [-0.39, 0.29) is 12.0 Å². The third kappa shape index (κ3) is 4.27. The van der Waals surface area contributed by atoms with E-state index in [1.807, 2.05) is 29.3 Å². The molecule has 1 atom stereocenters. The Morgan fingerprint density at radius 3 is 2.86 bits per heavy atom. The van der Waals surface area contributed by atoms with Gasteiger partial charge < -0.3 is 9.64 Å². The number of nitrogens with zero attached hydrogens (tertiary/aromatic N) is 3. The maximum Gasteiger partial charge on any atom is 0.236 e. The van der Waals surface area contributed by atoms with Crippen LogP contribution in [0, 0.1) is 0 Å². The summed E-state index contributed by atoms with van der Waals surface area (Å²) in [5.41, 5.74) is 1.01. The quantitative estimate of drug-likeness (QED) is 0.802. The summed E-state index contributed by atoms with van der Waals surface area (Å²) in [5.74, 6) is 0.242. The Kier molecular flexibility index (Phi) is 5.40. The highest BCUT2D eigenvalue weighted by atomic mass is 16.5. The first-order chi connectivity index (χ1) is 10.8. The van der Waals surface area contributed by atoms with Crippen molar-refractivity contribution in [2.24, 2.45) is 0 Å². The van der Waals surface area contributed by atoms with Crippen LogP contribution in [-0.4, -0.2) is 59.6 Å². The molecule has 1 aromatic heterocycles. The van der Waals surface area contributed by atoms with Gasteiger partial charge in [0, 0.05) is 39.0 Å². The zero-order valence-corrected chi connectivity index (χ0v) is 13.1. The molecule has 2 aliphatic rings. The van der Waals surface area contributed by atoms with Gasteiger partial charge in [-0.05, 0) is 37.8 Å². The number of pyridine rings is 1. The second-order valence-corrected chi connectivity index (χ2v) is 6.21. The van der Waals surface area contributed by atoms with E-state index >= 15 is 0 Å². The molecule has 0 unspecified atom stereocenters. The van der Waals surface area contributed by atoms with E-state index in [4.69, 9.17) is 4.74 Å². The van der Waals surface area contributed by atoms with Crippen LogP contribution in [0.25, 0.3) is 0 Å². The normalized spacial score (nSPS) is 21.7. The molecule has 120 valence electrons. The number of hydrogen-bond donors (Lipinski definition) is 0. The molecule has 0 saturated carbocycles. The third-order valence-electron chi connectivity index (χ3n) is 4.42. The first-order valence-electron chi connectivity index (χ1n) is 8.33. The highest BCUT2D eigenvalue weighted by molar-refractivity contribution is 5.78. The van der Waals surface area contributed by atoms with Crippen LogP contribution < -0.4 is 0 Å². The fourth-order valence-electron chi connectivity index (χ4n) is 3.24. The van der Waals surface area contributed by atoms with Crippen molar-refractivity contribution in [1.29, 1.82) is 0 Å². The standard InChI is InChI=1S/C17H25N3O2/c21-17(20-9-3-4-10-20)14-19(13-16-7-5-11-22-16)12-15-6-1-2-8-18-15/h1-2,6,8,16H,3-5,7,9-14H2/t16-/m1/s1. The lowest BCUT2D eigenvalue weighted by molar-refractivity contribution is -0.131. The number of carbonyl (C=O) groups excluding carboxylic acids is 1. The van der Waals surface area contributed by atoms with Gasteiger partial charge in [0.15, 0.2) is 0 Å². The average molecular weight is 303 g/mol. The number of amides is 1. The second kappa shape index (κ2) is 7.70. The van der Waals surface area contributed by atoms with Gasteiger partial charge in [0.1, 0.15) is 0 Å². The van der Waals surface area contributed by atoms with Gasteiger partial charge in [-0.15, -0.1) is 0 Å². The van der Waals surface area contributed by atoms with Crippen molar-refractivity contribution in [3.8, 4) is 0 Å². The van der Waals surface area contributed by atoms with E-state index in [0.29, 0.717) is 13.1 Å². The third-order valence-corrected chi connectivity index (χ3v) is 4.42. The van der Waals surface area contributed by atoms with E-state index in [2.05, 4.69) is 9.88 Å². The molecule has 2 saturated heterocycles. The van der Waals surface area contributed by atoms with Crippen LogP contribution in [-0.2, 0) is 16.1 Å². The van der Waals surface area contributed by atoms with Crippen LogP contribution in [0.5, 0.6) is 0 Å². The minimum atomic E-state index is 0.242. The number of aromatic nitrogens is 1. The van der Waals surface area contributed by atoms with Crippen LogP contribution in [0.2, 0.25) is 0 Å². The Balaban J connectivity index is 1.60. The summed E-state index contributed by atoms with van der Waals surface area (Å²) in [5, 5.41) is 0. The lowest BCUT2D eigenvalue weighted by Crippen LogP contribution is -2.41. The Hall–Kier alpha value is -1.46. The Labute approximate surface area is 132 Å². The predicted molar refractivity (Wildman–Crippen MR) is 84.3 cm³/mol. The molecule has 3 heterocycles. The summed E-state index contributed by atoms with van der Waals surface area (Å²) in [4.78, 5) is 21.0. The van der Waals surface area contributed by atoms with E-state index in [9.17, 15) is 4.79 Å². The smallest absolute Gasteiger partial charge is 0.236 e. The van der Waals surface area contributed by atoms with Gasteiger partial charge in [-0.2, -0.15) is 0 Å². The monoisotopic (exact) mass is 303 g/mol. The second-order valence-electron chi connectivity index (χ2n) is 6.21. The lowest BCUT2D eigenvalue weighted by Gasteiger charge is -2.26. The van der Waals surface area contributed by atoms with E-state index in [1.165, 1.54) is 0 Å². The van der Waals surface area contributed by atoms with Crippen LogP contribution in [0.15, 0.2) is 24.4 Å². The molecule has 2 aliphatic heterocycles. The van der Waals surface area contributed by atoms with Gasteiger partial charge in [0.25, 0.3) is 0 Å². The van der Waals surface area contributed by atoms with Crippen molar-refractivity contribution >= 4 is 5.91 Å². The molecular formula is C17H25N3O2. The maximum absolute atomic E-state index is 12.4. The zero-order chi connectivity index (χ0) is 15.2. The number of rotatable bonds is 6. The molecule has 1 aromatic rings. The van der Waals surface area contributed by atoms with Gasteiger partial charge in [0.2, 0.25) is 5.91 Å². The van der Waals surface area contributed by atoms with Crippen molar-refractivity contribution in [3.05, 3.63) is 30.1 Å². The van der Waals surface area contributed by atoms with Gasteiger partial charge in [-0.25, -0.2) is 0 Å². The molecule has 22 heavy (non-hydrogen) atoms. The number of likely N-dealkylation sites (tertiary alicyclic amines) is 1. The fourth-order valence-corrected chi connectivity index (χ4v) is 3.24. The molecule has 0 aromatic carbocycles. The van der Waals surface area contributed by atoms with Crippen LogP contribution in [0.4, 0.5) is 0 Å². The van der Waals surface area contributed by atoms with Gasteiger partial charge >= 0.3 is 0 Å². The number of carbonyl (C=O) groups is 1. The molecule has 0 aliphatic carbocycles. The van der Waals surface area contributed by atoms with E-state index in [1.54, 1.807) is 0 Å². The van der Waals surface area contributed by atoms with Crippen LogP contribution >= 0.6 is 0 Å². The van der Waals surface area contributed by atoms with Crippen LogP contribution in [0.3, 0.4) is 0 Å². The number of ether oxygens (including phenoxy) is 1. The SMILES string of the molecule is O=C(CN(Cc1ccccn1)C[C@H]1CCCO1)N1CCCC1. The molecule has 3 rings (SSSR count). The molecule has 1 amide bonds. The molecule has 0 radical (unpaired) electrons. The summed E-state index contributed by atoms with van der Waals surface area (Å²) in [6.45, 7) is 4.67. The van der Waals surface area contributed by atoms with Crippen molar-refractivity contribution in [1.82, 2.24) is 14.8 Å². The Morgan fingerprint density at radius 2 is 2.18 bits per heavy atom. The summed E-state index contributed by atoms with van der Waals surface area (Å²) in [6, 6.07) is 5.93. The fraction of sp³-hybridized carbons (Fsp3) is 0.647. The summed E-state index contributed by atoms with van der Waals surface area (Å²) < 4.78 is 5.74. The minimum Gasteiger partial charge on any atom is -0.377 e. The van der Waals surface area contributed by atoms with Crippen molar-refractivity contribution in [2.45, 2.75) is 38.3 Å². The van der Waals surface area contributed by atoms with Gasteiger partial charge in [0.05, 0.1) is 18.3 Å². The molecule has 0 spiro atoms. The summed E-state index contributed by atoms with van der Waals surface area (Å²) >= 11 is 0. The van der Waals surface area contributed by atoms with E-state index < -0.39 is 0 Å². The molecular weight excluding hydrogens is 278 g/mol. The molecule has 0 bridgehead atoms. The first kappa shape index (κ1) is 15.4. The lowest BCUT2D eigenvalue weighted by atomic mass is 10.2. The van der Waals surface area contributed by atoms with Crippen molar-refractivity contribution in [2.75, 3.05) is 32.8 Å². The molecule has 5 heteroatoms.